The number of benzene rings is 1. The normalized spacial score (nSPS) is 10.2. The number of aromatic nitrogens is 4. The Bertz CT molecular complexity index is 867. The molecule has 94 valence electrons. The van der Waals surface area contributed by atoms with Crippen LogP contribution in [0.5, 0.6) is 0 Å². The highest BCUT2D eigenvalue weighted by Gasteiger charge is 2.16. The summed E-state index contributed by atoms with van der Waals surface area (Å²) in [4.78, 5) is 7.99. The molecule has 0 amide bonds. The van der Waals surface area contributed by atoms with E-state index in [1.165, 1.54) is 17.2 Å². The van der Waals surface area contributed by atoms with Crippen molar-refractivity contribution in [2.45, 2.75) is 0 Å². The lowest BCUT2D eigenvalue weighted by molar-refractivity contribution is 0.888. The van der Waals surface area contributed by atoms with E-state index in [9.17, 15) is 10.5 Å². The van der Waals surface area contributed by atoms with Gasteiger partial charge in [0.15, 0.2) is 5.65 Å². The van der Waals surface area contributed by atoms with Gasteiger partial charge in [0.05, 0.1) is 22.7 Å². The predicted octanol–water partition coefficient (Wildman–Crippen LogP) is 2.21. The quantitative estimate of drug-likeness (QED) is 0.637. The van der Waals surface area contributed by atoms with E-state index in [0.717, 1.165) is 0 Å². The van der Waals surface area contributed by atoms with E-state index in [1.54, 1.807) is 18.2 Å². The van der Waals surface area contributed by atoms with Crippen molar-refractivity contribution in [3.8, 4) is 17.8 Å². The van der Waals surface area contributed by atoms with Gasteiger partial charge >= 0.3 is 0 Å². The molecule has 0 aliphatic rings. The first kappa shape index (κ1) is 12.1. The minimum absolute atomic E-state index is 0.272. The topological polar surface area (TPSA) is 91.2 Å². The molecule has 0 aliphatic carbocycles. The molecule has 0 saturated heterocycles. The summed E-state index contributed by atoms with van der Waals surface area (Å²) in [6.45, 7) is 0. The molecular weight excluding hydrogens is 276 g/mol. The Morgan fingerprint density at radius 3 is 2.45 bits per heavy atom. The molecule has 0 spiro atoms. The second-order valence-electron chi connectivity index (χ2n) is 3.88. The van der Waals surface area contributed by atoms with Crippen molar-refractivity contribution in [3.05, 3.63) is 47.0 Å². The van der Waals surface area contributed by atoms with Gasteiger partial charge in [0.1, 0.15) is 29.3 Å². The van der Waals surface area contributed by atoms with Gasteiger partial charge in [0.2, 0.25) is 0 Å². The molecule has 2 heterocycles. The van der Waals surface area contributed by atoms with Crippen LogP contribution in [0.25, 0.3) is 16.7 Å². The van der Waals surface area contributed by atoms with E-state index in [2.05, 4.69) is 15.1 Å². The van der Waals surface area contributed by atoms with Crippen LogP contribution in [0.4, 0.5) is 0 Å². The van der Waals surface area contributed by atoms with E-state index in [1.807, 2.05) is 12.1 Å². The first-order valence-electron chi connectivity index (χ1n) is 5.54. The SMILES string of the molecule is N#Cc1cccc(C#N)c1-n1ncc2c(Cl)ncnc21. The molecule has 0 bridgehead atoms. The van der Waals surface area contributed by atoms with Gasteiger partial charge in [-0.1, -0.05) is 17.7 Å². The fourth-order valence-corrected chi connectivity index (χ4v) is 2.11. The summed E-state index contributed by atoms with van der Waals surface area (Å²) in [6, 6.07) is 8.98. The highest BCUT2D eigenvalue weighted by molar-refractivity contribution is 6.33. The first-order chi connectivity index (χ1) is 9.76. The molecule has 0 unspecified atom stereocenters. The molecule has 20 heavy (non-hydrogen) atoms. The van der Waals surface area contributed by atoms with Crippen LogP contribution in [0.2, 0.25) is 5.15 Å². The van der Waals surface area contributed by atoms with Gasteiger partial charge in [-0.05, 0) is 12.1 Å². The maximum Gasteiger partial charge on any atom is 0.167 e. The summed E-state index contributed by atoms with van der Waals surface area (Å²) in [6.07, 6.45) is 2.82. The van der Waals surface area contributed by atoms with E-state index in [0.29, 0.717) is 27.8 Å². The Kier molecular flexibility index (Phi) is 2.79. The van der Waals surface area contributed by atoms with Gasteiger partial charge in [0.25, 0.3) is 0 Å². The zero-order chi connectivity index (χ0) is 14.1. The number of fused-ring (bicyclic) bond motifs is 1. The molecule has 0 saturated carbocycles. The summed E-state index contributed by atoms with van der Waals surface area (Å²) < 4.78 is 1.43. The average molecular weight is 281 g/mol. The maximum absolute atomic E-state index is 9.20. The standard InChI is InChI=1S/C13H5ClN6/c14-12-10-6-19-20(13(10)18-7-17-12)11-8(4-15)2-1-3-9(11)5-16/h1-3,6-7H. The highest BCUT2D eigenvalue weighted by atomic mass is 35.5. The molecule has 1 aromatic carbocycles. The molecule has 0 fully saturated rings. The third kappa shape index (κ3) is 1.68. The molecule has 3 aromatic rings. The van der Waals surface area contributed by atoms with Crippen molar-refractivity contribution < 1.29 is 0 Å². The van der Waals surface area contributed by atoms with Gasteiger partial charge in [0, 0.05) is 0 Å². The third-order valence-corrected chi connectivity index (χ3v) is 3.11. The van der Waals surface area contributed by atoms with Crippen molar-refractivity contribution in [2.24, 2.45) is 0 Å². The molecule has 0 radical (unpaired) electrons. The zero-order valence-corrected chi connectivity index (χ0v) is 10.7. The predicted molar refractivity (Wildman–Crippen MR) is 71.1 cm³/mol. The largest absolute Gasteiger partial charge is 0.224 e. The Hall–Kier alpha value is -2.96. The molecule has 7 heteroatoms. The maximum atomic E-state index is 9.20. The van der Waals surface area contributed by atoms with Crippen molar-refractivity contribution >= 4 is 22.6 Å². The number of hydrogen-bond donors (Lipinski definition) is 0. The number of nitriles is 2. The monoisotopic (exact) mass is 280 g/mol. The van der Waals surface area contributed by atoms with Crippen LogP contribution in [0.3, 0.4) is 0 Å². The Labute approximate surface area is 118 Å². The van der Waals surface area contributed by atoms with Gasteiger partial charge in [-0.3, -0.25) is 0 Å². The van der Waals surface area contributed by atoms with Crippen molar-refractivity contribution in [2.75, 3.05) is 0 Å². The number of hydrogen-bond acceptors (Lipinski definition) is 5. The summed E-state index contributed by atoms with van der Waals surface area (Å²) in [5.74, 6) is 0. The lowest BCUT2D eigenvalue weighted by Gasteiger charge is -2.07. The minimum atomic E-state index is 0.272. The van der Waals surface area contributed by atoms with Crippen LogP contribution in [0.1, 0.15) is 11.1 Å². The van der Waals surface area contributed by atoms with Crippen LogP contribution in [-0.4, -0.2) is 19.7 Å². The molecule has 3 rings (SSSR count). The second kappa shape index (κ2) is 4.61. The number of nitrogens with zero attached hydrogens (tertiary/aromatic N) is 6. The third-order valence-electron chi connectivity index (χ3n) is 2.81. The van der Waals surface area contributed by atoms with Gasteiger partial charge < -0.3 is 0 Å². The van der Waals surface area contributed by atoms with E-state index >= 15 is 0 Å². The van der Waals surface area contributed by atoms with E-state index in [-0.39, 0.29) is 5.15 Å². The Morgan fingerprint density at radius 2 is 1.80 bits per heavy atom. The van der Waals surface area contributed by atoms with E-state index in [4.69, 9.17) is 11.6 Å². The van der Waals surface area contributed by atoms with Crippen LogP contribution in [0.15, 0.2) is 30.7 Å². The van der Waals surface area contributed by atoms with Crippen LogP contribution in [-0.2, 0) is 0 Å². The lowest BCUT2D eigenvalue weighted by Crippen LogP contribution is -2.03. The number of para-hydroxylation sites is 1. The summed E-state index contributed by atoms with van der Waals surface area (Å²) in [5.41, 5.74) is 1.51. The fraction of sp³-hybridized carbons (Fsp3) is 0. The smallest absolute Gasteiger partial charge is 0.167 e. The highest BCUT2D eigenvalue weighted by Crippen LogP contribution is 2.25. The van der Waals surface area contributed by atoms with Crippen molar-refractivity contribution in [1.82, 2.24) is 19.7 Å². The Balaban J connectivity index is 2.41. The van der Waals surface area contributed by atoms with Crippen LogP contribution < -0.4 is 0 Å². The average Bonchev–Trinajstić information content (AvgIpc) is 2.91. The molecular formula is C13H5ClN6. The molecule has 0 N–H and O–H groups in total. The fourth-order valence-electron chi connectivity index (χ4n) is 1.93. The summed E-state index contributed by atoms with van der Waals surface area (Å²) in [5, 5.41) is 23.4. The van der Waals surface area contributed by atoms with Crippen LogP contribution >= 0.6 is 11.6 Å². The van der Waals surface area contributed by atoms with Crippen molar-refractivity contribution in [1.29, 1.82) is 10.5 Å². The van der Waals surface area contributed by atoms with Gasteiger partial charge in [-0.25, -0.2) is 14.6 Å². The number of halogens is 1. The molecule has 2 aromatic heterocycles. The summed E-state index contributed by atoms with van der Waals surface area (Å²) >= 11 is 5.97. The summed E-state index contributed by atoms with van der Waals surface area (Å²) in [7, 11) is 0. The lowest BCUT2D eigenvalue weighted by atomic mass is 10.1. The number of rotatable bonds is 1. The zero-order valence-electron chi connectivity index (χ0n) is 9.95. The minimum Gasteiger partial charge on any atom is -0.224 e. The first-order valence-corrected chi connectivity index (χ1v) is 5.92. The van der Waals surface area contributed by atoms with Gasteiger partial charge in [-0.15, -0.1) is 0 Å². The molecule has 0 aliphatic heterocycles. The van der Waals surface area contributed by atoms with Gasteiger partial charge in [-0.2, -0.15) is 15.6 Å². The second-order valence-corrected chi connectivity index (χ2v) is 4.24. The van der Waals surface area contributed by atoms with E-state index < -0.39 is 0 Å². The van der Waals surface area contributed by atoms with Crippen molar-refractivity contribution in [3.63, 3.8) is 0 Å². The molecule has 6 nitrogen and oxygen atoms in total. The Morgan fingerprint density at radius 1 is 1.10 bits per heavy atom. The molecule has 0 atom stereocenters. The van der Waals surface area contributed by atoms with Crippen LogP contribution in [0, 0.1) is 22.7 Å².